The van der Waals surface area contributed by atoms with Gasteiger partial charge in [-0.3, -0.25) is 19.3 Å². The molecule has 1 aromatic carbocycles. The van der Waals surface area contributed by atoms with E-state index in [1.807, 2.05) is 36.5 Å². The fourth-order valence-corrected chi connectivity index (χ4v) is 4.87. The lowest BCUT2D eigenvalue weighted by molar-refractivity contribution is -0.118. The summed E-state index contributed by atoms with van der Waals surface area (Å²) in [6.07, 6.45) is 12.7. The van der Waals surface area contributed by atoms with E-state index in [1.165, 1.54) is 12.8 Å². The summed E-state index contributed by atoms with van der Waals surface area (Å²) in [4.78, 5) is 30.9. The third-order valence-electron chi connectivity index (χ3n) is 6.84. The van der Waals surface area contributed by atoms with E-state index in [1.54, 1.807) is 30.2 Å². The number of amides is 2. The molecule has 2 saturated carbocycles. The van der Waals surface area contributed by atoms with E-state index in [0.29, 0.717) is 29.5 Å². The maximum Gasteiger partial charge on any atom is 0.252 e. The topological polar surface area (TPSA) is 101 Å². The highest BCUT2D eigenvalue weighted by molar-refractivity contribution is 6.01. The fourth-order valence-electron chi connectivity index (χ4n) is 4.87. The second-order valence-electron chi connectivity index (χ2n) is 9.72. The zero-order chi connectivity index (χ0) is 24.2. The van der Waals surface area contributed by atoms with Crippen LogP contribution in [0.1, 0.15) is 66.9 Å². The van der Waals surface area contributed by atoms with Crippen molar-refractivity contribution >= 4 is 28.9 Å². The van der Waals surface area contributed by atoms with Gasteiger partial charge in [-0.15, -0.1) is 0 Å². The lowest BCUT2D eigenvalue weighted by Crippen LogP contribution is -2.44. The summed E-state index contributed by atoms with van der Waals surface area (Å²) < 4.78 is 1.63. The van der Waals surface area contributed by atoms with Gasteiger partial charge in [0.05, 0.1) is 23.3 Å². The molecule has 0 saturated heterocycles. The highest BCUT2D eigenvalue weighted by atomic mass is 16.2. The van der Waals surface area contributed by atoms with Gasteiger partial charge in [0.2, 0.25) is 5.91 Å². The number of nitrogens with zero attached hydrogens (tertiary/aromatic N) is 3. The molecule has 3 aromatic rings. The number of hydrogen-bond donors (Lipinski definition) is 3. The van der Waals surface area contributed by atoms with E-state index in [9.17, 15) is 9.59 Å². The SMILES string of the molecule is Cn1cc(NC(=O)[C@H](CC2CCCC2)NC(=O)c2cccc(Nc3cccnc3C3CC3)c2)cn1. The Balaban J connectivity index is 1.29. The van der Waals surface area contributed by atoms with Gasteiger partial charge in [-0.1, -0.05) is 31.7 Å². The summed E-state index contributed by atoms with van der Waals surface area (Å²) in [7, 11) is 1.80. The highest BCUT2D eigenvalue weighted by Gasteiger charge is 2.28. The van der Waals surface area contributed by atoms with Crippen molar-refractivity contribution in [3.05, 3.63) is 66.2 Å². The summed E-state index contributed by atoms with van der Waals surface area (Å²) in [5.41, 5.74) is 4.00. The largest absolute Gasteiger partial charge is 0.354 e. The molecule has 0 spiro atoms. The lowest BCUT2D eigenvalue weighted by atomic mass is 9.97. The van der Waals surface area contributed by atoms with Gasteiger partial charge in [0, 0.05) is 36.6 Å². The first kappa shape index (κ1) is 23.1. The zero-order valence-corrected chi connectivity index (χ0v) is 20.0. The molecule has 0 radical (unpaired) electrons. The van der Waals surface area contributed by atoms with Gasteiger partial charge in [0.25, 0.3) is 5.91 Å². The quantitative estimate of drug-likeness (QED) is 0.417. The van der Waals surface area contributed by atoms with Crippen LogP contribution in [0, 0.1) is 5.92 Å². The second kappa shape index (κ2) is 10.3. The number of anilines is 3. The molecule has 35 heavy (non-hydrogen) atoms. The average molecular weight is 473 g/mol. The maximum absolute atomic E-state index is 13.2. The minimum absolute atomic E-state index is 0.211. The molecular weight excluding hydrogens is 440 g/mol. The number of hydrogen-bond acceptors (Lipinski definition) is 5. The molecule has 2 amide bonds. The molecule has 8 nitrogen and oxygen atoms in total. The van der Waals surface area contributed by atoms with Crippen LogP contribution >= 0.6 is 0 Å². The second-order valence-corrected chi connectivity index (χ2v) is 9.72. The Bertz CT molecular complexity index is 1200. The van der Waals surface area contributed by atoms with Crippen molar-refractivity contribution in [2.45, 2.75) is 56.9 Å². The molecule has 0 aliphatic heterocycles. The number of nitrogens with one attached hydrogen (secondary N) is 3. The van der Waals surface area contributed by atoms with Gasteiger partial charge in [-0.05, 0) is 55.5 Å². The molecule has 2 fully saturated rings. The molecule has 0 unspecified atom stereocenters. The van der Waals surface area contributed by atoms with E-state index < -0.39 is 6.04 Å². The number of rotatable bonds is 9. The molecular formula is C27H32N6O2. The monoisotopic (exact) mass is 472 g/mol. The van der Waals surface area contributed by atoms with Crippen LogP contribution < -0.4 is 16.0 Å². The first-order chi connectivity index (χ1) is 17.0. The molecule has 2 aliphatic carbocycles. The van der Waals surface area contributed by atoms with Crippen LogP contribution in [-0.4, -0.2) is 32.6 Å². The summed E-state index contributed by atoms with van der Waals surface area (Å²) in [5.74, 6) is 0.489. The number of carbonyl (C=O) groups is 2. The van der Waals surface area contributed by atoms with E-state index in [2.05, 4.69) is 26.0 Å². The predicted molar refractivity (Wildman–Crippen MR) is 136 cm³/mol. The normalized spacial score (nSPS) is 16.6. The van der Waals surface area contributed by atoms with Crippen LogP contribution in [0.3, 0.4) is 0 Å². The molecule has 8 heteroatoms. The Labute approximate surface area is 205 Å². The fraction of sp³-hybridized carbons (Fsp3) is 0.407. The molecule has 2 heterocycles. The number of benzene rings is 1. The average Bonchev–Trinajstić information content (AvgIpc) is 3.42. The van der Waals surface area contributed by atoms with Crippen LogP contribution in [0.25, 0.3) is 0 Å². The van der Waals surface area contributed by atoms with Crippen LogP contribution in [0.4, 0.5) is 17.1 Å². The Morgan fingerprint density at radius 1 is 1.09 bits per heavy atom. The number of aromatic nitrogens is 3. The molecule has 3 N–H and O–H groups in total. The van der Waals surface area contributed by atoms with Gasteiger partial charge in [0.1, 0.15) is 6.04 Å². The zero-order valence-electron chi connectivity index (χ0n) is 20.0. The first-order valence-corrected chi connectivity index (χ1v) is 12.5. The highest BCUT2D eigenvalue weighted by Crippen LogP contribution is 2.42. The summed E-state index contributed by atoms with van der Waals surface area (Å²) in [6.45, 7) is 0. The molecule has 1 atom stereocenters. The van der Waals surface area contributed by atoms with E-state index in [-0.39, 0.29) is 11.8 Å². The molecule has 182 valence electrons. The van der Waals surface area contributed by atoms with Gasteiger partial charge >= 0.3 is 0 Å². The van der Waals surface area contributed by atoms with Gasteiger partial charge in [-0.25, -0.2) is 0 Å². The standard InChI is InChI=1S/C27H32N6O2/c1-33-17-22(16-29-33)31-27(35)24(14-18-6-2-3-7-18)32-26(34)20-8-4-9-21(15-20)30-23-10-5-13-28-25(23)19-11-12-19/h4-5,8-10,13,15-19,24,30H,2-3,6-7,11-12,14H2,1H3,(H,31,35)(H,32,34)/t24-/m0/s1. The van der Waals surface area contributed by atoms with Crippen molar-refractivity contribution in [1.82, 2.24) is 20.1 Å². The van der Waals surface area contributed by atoms with Crippen molar-refractivity contribution in [1.29, 1.82) is 0 Å². The van der Waals surface area contributed by atoms with Gasteiger partial charge in [0.15, 0.2) is 0 Å². The van der Waals surface area contributed by atoms with Crippen molar-refractivity contribution in [3.63, 3.8) is 0 Å². The van der Waals surface area contributed by atoms with Crippen molar-refractivity contribution in [2.75, 3.05) is 10.6 Å². The van der Waals surface area contributed by atoms with Gasteiger partial charge in [-0.2, -0.15) is 5.10 Å². The van der Waals surface area contributed by atoms with Crippen LogP contribution in [0.2, 0.25) is 0 Å². The van der Waals surface area contributed by atoms with E-state index in [4.69, 9.17) is 0 Å². The Hall–Kier alpha value is -3.68. The van der Waals surface area contributed by atoms with Crippen LogP contribution in [0.5, 0.6) is 0 Å². The third kappa shape index (κ3) is 5.88. The van der Waals surface area contributed by atoms with Crippen LogP contribution in [0.15, 0.2) is 55.0 Å². The predicted octanol–water partition coefficient (Wildman–Crippen LogP) is 4.75. The number of pyridine rings is 1. The Morgan fingerprint density at radius 3 is 2.66 bits per heavy atom. The number of carbonyl (C=O) groups excluding carboxylic acids is 2. The minimum atomic E-state index is -0.609. The lowest BCUT2D eigenvalue weighted by Gasteiger charge is -2.21. The molecule has 2 aliphatic rings. The molecule has 2 aromatic heterocycles. The van der Waals surface area contributed by atoms with E-state index >= 15 is 0 Å². The first-order valence-electron chi connectivity index (χ1n) is 12.5. The summed E-state index contributed by atoms with van der Waals surface area (Å²) >= 11 is 0. The van der Waals surface area contributed by atoms with Crippen molar-refractivity contribution in [2.24, 2.45) is 13.0 Å². The van der Waals surface area contributed by atoms with Crippen LogP contribution in [-0.2, 0) is 11.8 Å². The Morgan fingerprint density at radius 2 is 1.91 bits per heavy atom. The van der Waals surface area contributed by atoms with Crippen molar-refractivity contribution < 1.29 is 9.59 Å². The van der Waals surface area contributed by atoms with E-state index in [0.717, 1.165) is 42.8 Å². The molecule has 5 rings (SSSR count). The molecule has 0 bridgehead atoms. The number of aryl methyl sites for hydroxylation is 1. The van der Waals surface area contributed by atoms with Crippen molar-refractivity contribution in [3.8, 4) is 0 Å². The smallest absolute Gasteiger partial charge is 0.252 e. The minimum Gasteiger partial charge on any atom is -0.354 e. The maximum atomic E-state index is 13.2. The summed E-state index contributed by atoms with van der Waals surface area (Å²) in [5, 5.41) is 13.4. The Kier molecular flexibility index (Phi) is 6.79. The summed E-state index contributed by atoms with van der Waals surface area (Å²) in [6, 6.07) is 10.7. The van der Waals surface area contributed by atoms with Gasteiger partial charge < -0.3 is 16.0 Å². The third-order valence-corrected chi connectivity index (χ3v) is 6.84.